The van der Waals surface area contributed by atoms with E-state index in [0.717, 1.165) is 11.5 Å². The van der Waals surface area contributed by atoms with E-state index < -0.39 is 11.7 Å². The smallest absolute Gasteiger partial charge is 0.294 e. The highest BCUT2D eigenvalue weighted by atomic mass is 16.5. The molecule has 3 heterocycles. The normalized spacial score (nSPS) is 20.6. The topological polar surface area (TPSA) is 86.4 Å². The Morgan fingerprint density at radius 1 is 1.43 bits per heavy atom. The van der Waals surface area contributed by atoms with Gasteiger partial charge in [-0.05, 0) is 19.1 Å². The summed E-state index contributed by atoms with van der Waals surface area (Å²) >= 11 is 0. The van der Waals surface area contributed by atoms with Crippen LogP contribution in [0.3, 0.4) is 0 Å². The number of nitrogens with one attached hydrogen (secondary N) is 1. The molecule has 0 aromatic carbocycles. The van der Waals surface area contributed by atoms with Gasteiger partial charge in [0.05, 0.1) is 30.6 Å². The van der Waals surface area contributed by atoms with Gasteiger partial charge in [-0.1, -0.05) is 5.16 Å². The zero-order valence-electron chi connectivity index (χ0n) is 13.1. The minimum absolute atomic E-state index is 0.0625. The van der Waals surface area contributed by atoms with Crippen LogP contribution in [0.2, 0.25) is 0 Å². The number of ketones is 1. The van der Waals surface area contributed by atoms with Crippen molar-refractivity contribution in [2.75, 3.05) is 13.2 Å². The van der Waals surface area contributed by atoms with Crippen LogP contribution in [0.25, 0.3) is 0 Å². The molecule has 0 radical (unpaired) electrons. The maximum atomic E-state index is 12.2. The first kappa shape index (κ1) is 15.5. The maximum absolute atomic E-state index is 12.2. The molecule has 7 heteroatoms. The van der Waals surface area contributed by atoms with Gasteiger partial charge in [0.1, 0.15) is 5.76 Å². The molecule has 1 amide bonds. The number of hydrogen-bond donors (Lipinski definition) is 1. The largest absolute Gasteiger partial charge is 0.379 e. The predicted octanol–water partition coefficient (Wildman–Crippen LogP) is 0.878. The van der Waals surface area contributed by atoms with Crippen molar-refractivity contribution in [3.63, 3.8) is 0 Å². The van der Waals surface area contributed by atoms with Gasteiger partial charge in [0, 0.05) is 31.6 Å². The molecule has 0 saturated carbocycles. The van der Waals surface area contributed by atoms with Crippen LogP contribution in [0.5, 0.6) is 0 Å². The van der Waals surface area contributed by atoms with E-state index in [1.807, 2.05) is 13.0 Å². The Labute approximate surface area is 133 Å². The van der Waals surface area contributed by atoms with Crippen molar-refractivity contribution >= 4 is 11.7 Å². The predicted molar refractivity (Wildman–Crippen MR) is 80.9 cm³/mol. The quantitative estimate of drug-likeness (QED) is 0.653. The molecule has 0 bridgehead atoms. The fourth-order valence-corrected chi connectivity index (χ4v) is 2.78. The number of nitrogens with zero attached hydrogens (tertiary/aromatic N) is 2. The number of carbonyl (C=O) groups is 2. The van der Waals surface area contributed by atoms with Crippen LogP contribution in [0.1, 0.15) is 21.9 Å². The van der Waals surface area contributed by atoms with Gasteiger partial charge < -0.3 is 19.1 Å². The summed E-state index contributed by atoms with van der Waals surface area (Å²) in [6, 6.07) is 5.01. The fraction of sp³-hybridized carbons (Fsp3) is 0.438. The van der Waals surface area contributed by atoms with Gasteiger partial charge in [-0.3, -0.25) is 9.59 Å². The number of hydrogen-bond acceptors (Lipinski definition) is 5. The molecule has 0 aliphatic carbocycles. The number of amides is 1. The van der Waals surface area contributed by atoms with Crippen LogP contribution >= 0.6 is 0 Å². The molecule has 7 nitrogen and oxygen atoms in total. The molecule has 0 unspecified atom stereocenters. The molecule has 1 aliphatic rings. The molecule has 1 N–H and O–H groups in total. The zero-order chi connectivity index (χ0) is 16.4. The van der Waals surface area contributed by atoms with Crippen molar-refractivity contribution in [2.45, 2.75) is 19.4 Å². The molecule has 2 aromatic rings. The van der Waals surface area contributed by atoms with Crippen LogP contribution in [-0.2, 0) is 23.0 Å². The Morgan fingerprint density at radius 3 is 2.91 bits per heavy atom. The average molecular weight is 317 g/mol. The Balaban J connectivity index is 1.63. The summed E-state index contributed by atoms with van der Waals surface area (Å²) in [7, 11) is 1.73. The molecule has 1 aliphatic heterocycles. The molecular weight excluding hydrogens is 298 g/mol. The van der Waals surface area contributed by atoms with E-state index in [-0.39, 0.29) is 12.0 Å². The zero-order valence-corrected chi connectivity index (χ0v) is 13.1. The minimum Gasteiger partial charge on any atom is -0.379 e. The van der Waals surface area contributed by atoms with Gasteiger partial charge in [-0.25, -0.2) is 0 Å². The van der Waals surface area contributed by atoms with E-state index in [4.69, 9.17) is 9.26 Å². The molecule has 2 aromatic heterocycles. The van der Waals surface area contributed by atoms with Gasteiger partial charge >= 0.3 is 0 Å². The number of Topliss-reactive ketones (excluding diaryl/α,β-unsaturated/α-hetero) is 1. The summed E-state index contributed by atoms with van der Waals surface area (Å²) in [6.07, 6.45) is 2.35. The monoisotopic (exact) mass is 317 g/mol. The van der Waals surface area contributed by atoms with Gasteiger partial charge in [0.25, 0.3) is 11.7 Å². The van der Waals surface area contributed by atoms with Gasteiger partial charge in [-0.2, -0.15) is 0 Å². The Morgan fingerprint density at radius 2 is 2.26 bits per heavy atom. The van der Waals surface area contributed by atoms with Crippen molar-refractivity contribution in [3.8, 4) is 0 Å². The summed E-state index contributed by atoms with van der Waals surface area (Å²) in [5.74, 6) is -0.335. The van der Waals surface area contributed by atoms with Crippen molar-refractivity contribution in [2.24, 2.45) is 13.0 Å². The van der Waals surface area contributed by atoms with E-state index in [0.29, 0.717) is 25.3 Å². The number of rotatable bonds is 5. The molecule has 1 saturated heterocycles. The third kappa shape index (κ3) is 3.34. The average Bonchev–Trinajstić information content (AvgIpc) is 3.22. The number of aryl methyl sites for hydroxylation is 2. The first-order chi connectivity index (χ1) is 11.0. The summed E-state index contributed by atoms with van der Waals surface area (Å²) in [5.41, 5.74) is 1.18. The molecule has 2 atom stereocenters. The molecular formula is C16H19N3O4. The highest BCUT2D eigenvalue weighted by Gasteiger charge is 2.32. The third-order valence-corrected chi connectivity index (χ3v) is 4.04. The number of aromatic nitrogens is 2. The molecule has 0 spiro atoms. The van der Waals surface area contributed by atoms with Gasteiger partial charge in [-0.15, -0.1) is 0 Å². The third-order valence-electron chi connectivity index (χ3n) is 4.04. The minimum atomic E-state index is -0.610. The van der Waals surface area contributed by atoms with E-state index >= 15 is 0 Å². The van der Waals surface area contributed by atoms with Crippen LogP contribution in [0.4, 0.5) is 0 Å². The summed E-state index contributed by atoms with van der Waals surface area (Å²) in [6.45, 7) is 2.77. The van der Waals surface area contributed by atoms with E-state index in [9.17, 15) is 9.59 Å². The fourth-order valence-electron chi connectivity index (χ4n) is 2.78. The highest BCUT2D eigenvalue weighted by Crippen LogP contribution is 2.20. The van der Waals surface area contributed by atoms with Crippen molar-refractivity contribution in [3.05, 3.63) is 41.5 Å². The van der Waals surface area contributed by atoms with Crippen LogP contribution < -0.4 is 5.32 Å². The van der Waals surface area contributed by atoms with Gasteiger partial charge in [0.2, 0.25) is 0 Å². The molecule has 122 valence electrons. The van der Waals surface area contributed by atoms with Crippen LogP contribution in [0.15, 0.2) is 28.9 Å². The van der Waals surface area contributed by atoms with Crippen molar-refractivity contribution in [1.29, 1.82) is 0 Å². The number of ether oxygens (including phenoxy) is 1. The Bertz CT molecular complexity index is 718. The number of carbonyl (C=O) groups excluding carboxylic acids is 2. The highest BCUT2D eigenvalue weighted by molar-refractivity contribution is 6.42. The van der Waals surface area contributed by atoms with Gasteiger partial charge in [0.15, 0.2) is 0 Å². The van der Waals surface area contributed by atoms with Crippen LogP contribution in [0, 0.1) is 12.8 Å². The van der Waals surface area contributed by atoms with E-state index in [1.165, 1.54) is 0 Å². The van der Waals surface area contributed by atoms with E-state index in [1.54, 1.807) is 29.9 Å². The second-order valence-electron chi connectivity index (χ2n) is 5.85. The molecule has 3 rings (SSSR count). The molecule has 1 fully saturated rings. The summed E-state index contributed by atoms with van der Waals surface area (Å²) < 4.78 is 12.3. The lowest BCUT2D eigenvalue weighted by molar-refractivity contribution is -0.117. The first-order valence-corrected chi connectivity index (χ1v) is 7.51. The summed E-state index contributed by atoms with van der Waals surface area (Å²) in [4.78, 5) is 24.4. The van der Waals surface area contributed by atoms with Crippen LogP contribution in [-0.4, -0.2) is 40.7 Å². The van der Waals surface area contributed by atoms with E-state index in [2.05, 4.69) is 10.5 Å². The summed E-state index contributed by atoms with van der Waals surface area (Å²) in [5, 5.41) is 6.64. The second kappa shape index (κ2) is 6.37. The van der Waals surface area contributed by atoms with Crippen molar-refractivity contribution in [1.82, 2.24) is 15.0 Å². The standard InChI is InChI=1S/C16H19N3O4/c1-10-6-12(23-18-10)7-11-8-22-9-13(11)17-16(21)15(20)14-4-3-5-19(14)2/h3-6,11,13H,7-9H2,1-2H3,(H,17,21)/t11-,13+/m1/s1. The maximum Gasteiger partial charge on any atom is 0.294 e. The first-order valence-electron chi connectivity index (χ1n) is 7.51. The lowest BCUT2D eigenvalue weighted by Gasteiger charge is -2.17. The second-order valence-corrected chi connectivity index (χ2v) is 5.85. The van der Waals surface area contributed by atoms with Crippen molar-refractivity contribution < 1.29 is 18.8 Å². The molecule has 23 heavy (non-hydrogen) atoms. The lowest BCUT2D eigenvalue weighted by atomic mass is 9.98. The SMILES string of the molecule is Cc1cc(C[C@@H]2COC[C@@H]2NC(=O)C(=O)c2cccn2C)on1. The Hall–Kier alpha value is -2.41. The Kier molecular flexibility index (Phi) is 4.29. The lowest BCUT2D eigenvalue weighted by Crippen LogP contribution is -2.44.